The van der Waals surface area contributed by atoms with Gasteiger partial charge in [0.2, 0.25) is 0 Å². The first-order valence-corrected chi connectivity index (χ1v) is 5.90. The molecule has 0 amide bonds. The highest BCUT2D eigenvalue weighted by Gasteiger charge is 2.27. The Bertz CT molecular complexity index is 326. The number of aryl methyl sites for hydroxylation is 1. The molecule has 84 valence electrons. The van der Waals surface area contributed by atoms with E-state index in [9.17, 15) is 0 Å². The van der Waals surface area contributed by atoms with Crippen molar-refractivity contribution in [1.82, 2.24) is 14.9 Å². The number of imidazole rings is 1. The second kappa shape index (κ2) is 4.35. The predicted octanol–water partition coefficient (Wildman–Crippen LogP) is 1.89. The smallest absolute Gasteiger partial charge is 0.0951 e. The second-order valence-electron chi connectivity index (χ2n) is 4.69. The van der Waals surface area contributed by atoms with Crippen LogP contribution in [-0.4, -0.2) is 22.1 Å². The molecule has 1 aromatic rings. The highest BCUT2D eigenvalue weighted by Crippen LogP contribution is 2.32. The van der Waals surface area contributed by atoms with E-state index in [1.54, 1.807) is 0 Å². The molecule has 0 radical (unpaired) electrons. The Hall–Kier alpha value is -0.830. The van der Waals surface area contributed by atoms with Crippen molar-refractivity contribution >= 4 is 0 Å². The van der Waals surface area contributed by atoms with E-state index in [2.05, 4.69) is 35.6 Å². The van der Waals surface area contributed by atoms with Crippen LogP contribution < -0.4 is 5.32 Å². The number of hydrogen-bond acceptors (Lipinski definition) is 2. The first-order chi connectivity index (χ1) is 7.18. The Morgan fingerprint density at radius 3 is 2.80 bits per heavy atom. The summed E-state index contributed by atoms with van der Waals surface area (Å²) in [5, 5.41) is 3.58. The van der Waals surface area contributed by atoms with Gasteiger partial charge in [0, 0.05) is 24.8 Å². The summed E-state index contributed by atoms with van der Waals surface area (Å²) in [6, 6.07) is 0.690. The molecule has 0 aromatic carbocycles. The molecule has 0 saturated heterocycles. The maximum Gasteiger partial charge on any atom is 0.0951 e. The highest BCUT2D eigenvalue weighted by atomic mass is 15.1. The van der Waals surface area contributed by atoms with Crippen LogP contribution in [0.25, 0.3) is 0 Å². The molecule has 1 aliphatic rings. The monoisotopic (exact) mass is 207 g/mol. The molecule has 3 nitrogen and oxygen atoms in total. The van der Waals surface area contributed by atoms with Gasteiger partial charge in [0.05, 0.1) is 12.0 Å². The first-order valence-electron chi connectivity index (χ1n) is 5.90. The largest absolute Gasteiger partial charge is 0.333 e. The minimum Gasteiger partial charge on any atom is -0.333 e. The SMILES string of the molecule is Cc1ncn(CCNC(C)C2CC2)c1C. The lowest BCUT2D eigenvalue weighted by atomic mass is 10.2. The fourth-order valence-electron chi connectivity index (χ4n) is 1.95. The Balaban J connectivity index is 1.75. The molecule has 1 aromatic heterocycles. The molecule has 1 N–H and O–H groups in total. The van der Waals surface area contributed by atoms with Crippen molar-refractivity contribution in [3.05, 3.63) is 17.7 Å². The van der Waals surface area contributed by atoms with Gasteiger partial charge in [-0.25, -0.2) is 4.98 Å². The van der Waals surface area contributed by atoms with E-state index in [1.807, 2.05) is 6.33 Å². The molecule has 1 unspecified atom stereocenters. The average molecular weight is 207 g/mol. The van der Waals surface area contributed by atoms with Gasteiger partial charge in [-0.1, -0.05) is 0 Å². The van der Waals surface area contributed by atoms with E-state index in [0.717, 1.165) is 24.7 Å². The summed E-state index contributed by atoms with van der Waals surface area (Å²) in [4.78, 5) is 4.30. The van der Waals surface area contributed by atoms with Crippen LogP contribution in [0.1, 0.15) is 31.2 Å². The summed E-state index contributed by atoms with van der Waals surface area (Å²) in [6.07, 6.45) is 4.77. The fourth-order valence-corrected chi connectivity index (χ4v) is 1.95. The van der Waals surface area contributed by atoms with Gasteiger partial charge in [0.1, 0.15) is 0 Å². The van der Waals surface area contributed by atoms with E-state index in [-0.39, 0.29) is 0 Å². The molecule has 1 atom stereocenters. The maximum absolute atomic E-state index is 4.30. The van der Waals surface area contributed by atoms with Crippen LogP contribution in [0, 0.1) is 19.8 Å². The standard InChI is InChI=1S/C12H21N3/c1-9-11(3)15(8-14-9)7-6-13-10(2)12-4-5-12/h8,10,12-13H,4-7H2,1-3H3. The van der Waals surface area contributed by atoms with Crippen LogP contribution in [-0.2, 0) is 6.54 Å². The van der Waals surface area contributed by atoms with Gasteiger partial charge in [-0.2, -0.15) is 0 Å². The zero-order valence-electron chi connectivity index (χ0n) is 9.95. The summed E-state index contributed by atoms with van der Waals surface area (Å²) >= 11 is 0. The Labute approximate surface area is 91.9 Å². The van der Waals surface area contributed by atoms with Crippen LogP contribution in [0.4, 0.5) is 0 Å². The average Bonchev–Trinajstić information content (AvgIpc) is 3.00. The molecule has 3 heteroatoms. The molecule has 0 aliphatic heterocycles. The molecule has 0 spiro atoms. The lowest BCUT2D eigenvalue weighted by molar-refractivity contribution is 0.473. The van der Waals surface area contributed by atoms with Crippen molar-refractivity contribution in [2.75, 3.05) is 6.54 Å². The van der Waals surface area contributed by atoms with Crippen LogP contribution in [0.2, 0.25) is 0 Å². The number of aromatic nitrogens is 2. The van der Waals surface area contributed by atoms with Crippen LogP contribution in [0.15, 0.2) is 6.33 Å². The van der Waals surface area contributed by atoms with Crippen LogP contribution in [0.3, 0.4) is 0 Å². The lowest BCUT2D eigenvalue weighted by Gasteiger charge is -2.13. The predicted molar refractivity (Wildman–Crippen MR) is 61.9 cm³/mol. The minimum absolute atomic E-state index is 0.690. The summed E-state index contributed by atoms with van der Waals surface area (Å²) < 4.78 is 2.22. The molecule has 15 heavy (non-hydrogen) atoms. The van der Waals surface area contributed by atoms with Gasteiger partial charge >= 0.3 is 0 Å². The Morgan fingerprint density at radius 1 is 1.53 bits per heavy atom. The molecular weight excluding hydrogens is 186 g/mol. The van der Waals surface area contributed by atoms with Gasteiger partial charge in [-0.05, 0) is 39.5 Å². The van der Waals surface area contributed by atoms with E-state index in [4.69, 9.17) is 0 Å². The van der Waals surface area contributed by atoms with Crippen molar-refractivity contribution < 1.29 is 0 Å². The van der Waals surface area contributed by atoms with Gasteiger partial charge in [0.25, 0.3) is 0 Å². The van der Waals surface area contributed by atoms with Crippen LogP contribution in [0.5, 0.6) is 0 Å². The summed E-state index contributed by atoms with van der Waals surface area (Å²) in [6.45, 7) is 8.57. The molecule has 1 saturated carbocycles. The third-order valence-electron chi connectivity index (χ3n) is 3.49. The van der Waals surface area contributed by atoms with Crippen molar-refractivity contribution in [2.24, 2.45) is 5.92 Å². The number of nitrogens with zero attached hydrogens (tertiary/aromatic N) is 2. The van der Waals surface area contributed by atoms with E-state index >= 15 is 0 Å². The van der Waals surface area contributed by atoms with Crippen molar-refractivity contribution in [3.63, 3.8) is 0 Å². The molecule has 1 fully saturated rings. The number of nitrogens with one attached hydrogen (secondary N) is 1. The van der Waals surface area contributed by atoms with E-state index in [0.29, 0.717) is 6.04 Å². The minimum atomic E-state index is 0.690. The Kier molecular flexibility index (Phi) is 3.10. The van der Waals surface area contributed by atoms with Gasteiger partial charge < -0.3 is 9.88 Å². The topological polar surface area (TPSA) is 29.9 Å². The zero-order chi connectivity index (χ0) is 10.8. The van der Waals surface area contributed by atoms with E-state index < -0.39 is 0 Å². The summed E-state index contributed by atoms with van der Waals surface area (Å²) in [7, 11) is 0. The number of hydrogen-bond donors (Lipinski definition) is 1. The third-order valence-corrected chi connectivity index (χ3v) is 3.49. The van der Waals surface area contributed by atoms with Gasteiger partial charge in [0.15, 0.2) is 0 Å². The lowest BCUT2D eigenvalue weighted by Crippen LogP contribution is -2.31. The second-order valence-corrected chi connectivity index (χ2v) is 4.69. The molecular formula is C12H21N3. The van der Waals surface area contributed by atoms with Crippen molar-refractivity contribution in [2.45, 2.75) is 46.2 Å². The molecule has 0 bridgehead atoms. The first kappa shape index (κ1) is 10.7. The number of rotatable bonds is 5. The quantitative estimate of drug-likeness (QED) is 0.799. The normalized spacial score (nSPS) is 18.1. The van der Waals surface area contributed by atoms with Gasteiger partial charge in [-0.15, -0.1) is 0 Å². The Morgan fingerprint density at radius 2 is 2.27 bits per heavy atom. The maximum atomic E-state index is 4.30. The highest BCUT2D eigenvalue weighted by molar-refractivity contribution is 5.08. The zero-order valence-corrected chi connectivity index (χ0v) is 9.95. The van der Waals surface area contributed by atoms with Crippen molar-refractivity contribution in [3.8, 4) is 0 Å². The molecule has 1 aliphatic carbocycles. The molecule has 1 heterocycles. The van der Waals surface area contributed by atoms with E-state index in [1.165, 1.54) is 18.5 Å². The summed E-state index contributed by atoms with van der Waals surface area (Å²) in [5.74, 6) is 0.940. The third kappa shape index (κ3) is 2.59. The molecule has 2 rings (SSSR count). The van der Waals surface area contributed by atoms with Crippen molar-refractivity contribution in [1.29, 1.82) is 0 Å². The summed E-state index contributed by atoms with van der Waals surface area (Å²) in [5.41, 5.74) is 2.43. The van der Waals surface area contributed by atoms with Crippen LogP contribution >= 0.6 is 0 Å². The van der Waals surface area contributed by atoms with Gasteiger partial charge in [-0.3, -0.25) is 0 Å². The fraction of sp³-hybridized carbons (Fsp3) is 0.750.